The van der Waals surface area contributed by atoms with E-state index in [1.54, 1.807) is 0 Å². The second kappa shape index (κ2) is 4.06. The first kappa shape index (κ1) is 8.14. The van der Waals surface area contributed by atoms with E-state index < -0.39 is 0 Å². The Bertz CT molecular complexity index is 120. The number of carbonyl (C=O) groups is 1. The Kier molecular flexibility index (Phi) is 3.67. The maximum absolute atomic E-state index is 10.6. The summed E-state index contributed by atoms with van der Waals surface area (Å²) in [6.07, 6.45) is 2.23. The Morgan fingerprint density at radius 2 is 2.22 bits per heavy atom. The van der Waals surface area contributed by atoms with E-state index in [1.165, 1.54) is 0 Å². The van der Waals surface area contributed by atoms with Crippen LogP contribution in [0.5, 0.6) is 0 Å². The van der Waals surface area contributed by atoms with Crippen molar-refractivity contribution in [3.05, 3.63) is 0 Å². The largest absolute Gasteiger partial charge is 0.381 e. The molecule has 0 unspecified atom stereocenters. The van der Waals surface area contributed by atoms with Gasteiger partial charge in [-0.05, 0) is 6.42 Å². The zero-order valence-corrected chi connectivity index (χ0v) is 5.61. The first-order valence-corrected chi connectivity index (χ1v) is 3.05. The van der Waals surface area contributed by atoms with Crippen molar-refractivity contribution < 1.29 is 4.79 Å². The fourth-order valence-corrected chi connectivity index (χ4v) is 0.472. The summed E-state index contributed by atoms with van der Waals surface area (Å²) in [4.78, 5) is 10.6. The van der Waals surface area contributed by atoms with Gasteiger partial charge in [0.05, 0.1) is 0 Å². The number of amidine groups is 1. The summed E-state index contributed by atoms with van der Waals surface area (Å²) in [7, 11) is 0. The van der Waals surface area contributed by atoms with Gasteiger partial charge in [0, 0.05) is 6.42 Å². The maximum Gasteiger partial charge on any atom is 0.196 e. The summed E-state index contributed by atoms with van der Waals surface area (Å²) >= 11 is 0. The molecule has 0 aromatic rings. The number of hydrogen-bond acceptors (Lipinski definition) is 2. The zero-order chi connectivity index (χ0) is 7.28. The lowest BCUT2D eigenvalue weighted by Gasteiger charge is -1.93. The number of nitrogens with one attached hydrogen (secondary N) is 1. The lowest BCUT2D eigenvalue weighted by molar-refractivity contribution is -0.113. The molecule has 0 spiro atoms. The van der Waals surface area contributed by atoms with Crippen molar-refractivity contribution in [2.45, 2.75) is 26.2 Å². The van der Waals surface area contributed by atoms with Crippen molar-refractivity contribution in [1.29, 1.82) is 5.41 Å². The highest BCUT2D eigenvalue weighted by molar-refractivity contribution is 6.36. The molecule has 0 aromatic carbocycles. The van der Waals surface area contributed by atoms with Crippen LogP contribution in [-0.2, 0) is 4.79 Å². The summed E-state index contributed by atoms with van der Waals surface area (Å²) in [5, 5.41) is 6.71. The van der Waals surface area contributed by atoms with Crippen molar-refractivity contribution in [3.63, 3.8) is 0 Å². The van der Waals surface area contributed by atoms with Gasteiger partial charge in [0.1, 0.15) is 0 Å². The fourth-order valence-electron chi connectivity index (χ4n) is 0.472. The van der Waals surface area contributed by atoms with Gasteiger partial charge in [-0.1, -0.05) is 13.3 Å². The van der Waals surface area contributed by atoms with E-state index in [0.717, 1.165) is 12.8 Å². The van der Waals surface area contributed by atoms with Crippen LogP contribution >= 0.6 is 0 Å². The van der Waals surface area contributed by atoms with Crippen molar-refractivity contribution in [1.82, 2.24) is 0 Å². The highest BCUT2D eigenvalue weighted by Gasteiger charge is 2.01. The minimum absolute atomic E-state index is 0.239. The van der Waals surface area contributed by atoms with Gasteiger partial charge in [-0.2, -0.15) is 0 Å². The van der Waals surface area contributed by atoms with Crippen molar-refractivity contribution in [3.8, 4) is 0 Å². The van der Waals surface area contributed by atoms with E-state index >= 15 is 0 Å². The van der Waals surface area contributed by atoms with Crippen LogP contribution in [0.15, 0.2) is 0 Å². The van der Waals surface area contributed by atoms with Gasteiger partial charge in [-0.15, -0.1) is 0 Å². The molecular weight excluding hydrogens is 116 g/mol. The van der Waals surface area contributed by atoms with Gasteiger partial charge < -0.3 is 5.73 Å². The molecule has 0 heterocycles. The normalized spacial score (nSPS) is 9.00. The molecule has 0 atom stereocenters. The second-order valence-corrected chi connectivity index (χ2v) is 1.94. The number of nitrogens with two attached hydrogens (primary N) is 1. The smallest absolute Gasteiger partial charge is 0.196 e. The van der Waals surface area contributed by atoms with E-state index in [0.29, 0.717) is 6.42 Å². The van der Waals surface area contributed by atoms with Crippen LogP contribution < -0.4 is 5.73 Å². The minimum atomic E-state index is -0.316. The first-order chi connectivity index (χ1) is 4.18. The van der Waals surface area contributed by atoms with Crippen molar-refractivity contribution in [2.24, 2.45) is 5.73 Å². The number of ketones is 1. The quantitative estimate of drug-likeness (QED) is 0.432. The summed E-state index contributed by atoms with van der Waals surface area (Å²) in [5.74, 6) is -0.555. The standard InChI is InChI=1S/C6H12N2O/c1-2-3-4-5(9)6(7)8/h2-4H2,1H3,(H3,7,8). The number of carbonyl (C=O) groups excluding carboxylic acids is 1. The van der Waals surface area contributed by atoms with Crippen LogP contribution in [0.4, 0.5) is 0 Å². The van der Waals surface area contributed by atoms with E-state index in [2.05, 4.69) is 0 Å². The van der Waals surface area contributed by atoms with Crippen LogP contribution in [0.25, 0.3) is 0 Å². The van der Waals surface area contributed by atoms with Crippen LogP contribution in [0, 0.1) is 5.41 Å². The predicted octanol–water partition coefficient (Wildman–Crippen LogP) is 0.682. The number of Topliss-reactive ketones (excluding diaryl/α,β-unsaturated/α-hetero) is 1. The number of unbranched alkanes of at least 4 members (excludes halogenated alkanes) is 1. The Labute approximate surface area is 54.8 Å². The first-order valence-electron chi connectivity index (χ1n) is 3.05. The molecule has 0 rings (SSSR count). The second-order valence-electron chi connectivity index (χ2n) is 1.94. The summed E-state index contributed by atoms with van der Waals surface area (Å²) < 4.78 is 0. The van der Waals surface area contributed by atoms with Crippen LogP contribution in [0.1, 0.15) is 26.2 Å². The molecule has 0 fully saturated rings. The van der Waals surface area contributed by atoms with E-state index in [4.69, 9.17) is 11.1 Å². The topological polar surface area (TPSA) is 66.9 Å². The van der Waals surface area contributed by atoms with E-state index in [1.807, 2.05) is 6.92 Å². The highest BCUT2D eigenvalue weighted by atomic mass is 16.1. The molecule has 0 bridgehead atoms. The summed E-state index contributed by atoms with van der Waals surface area (Å²) in [5.41, 5.74) is 4.91. The lowest BCUT2D eigenvalue weighted by Crippen LogP contribution is -2.21. The van der Waals surface area contributed by atoms with Gasteiger partial charge in [0.15, 0.2) is 11.6 Å². The highest BCUT2D eigenvalue weighted by Crippen LogP contribution is 1.93. The Morgan fingerprint density at radius 3 is 2.56 bits per heavy atom. The molecule has 3 nitrogen and oxygen atoms in total. The number of rotatable bonds is 4. The molecule has 0 amide bonds. The molecule has 3 N–H and O–H groups in total. The molecule has 52 valence electrons. The molecular formula is C6H12N2O. The molecule has 0 aromatic heterocycles. The molecule has 0 aliphatic heterocycles. The molecule has 0 saturated carbocycles. The molecule has 0 radical (unpaired) electrons. The van der Waals surface area contributed by atoms with Crippen molar-refractivity contribution >= 4 is 11.6 Å². The van der Waals surface area contributed by atoms with Crippen molar-refractivity contribution in [2.75, 3.05) is 0 Å². The Hall–Kier alpha value is -0.860. The van der Waals surface area contributed by atoms with Crippen LogP contribution in [0.2, 0.25) is 0 Å². The predicted molar refractivity (Wildman–Crippen MR) is 36.4 cm³/mol. The lowest BCUT2D eigenvalue weighted by atomic mass is 10.2. The zero-order valence-electron chi connectivity index (χ0n) is 5.61. The SMILES string of the molecule is CCCCC(=O)C(=N)N. The molecule has 3 heteroatoms. The average Bonchev–Trinajstić information content (AvgIpc) is 1.82. The van der Waals surface area contributed by atoms with Gasteiger partial charge in [0.2, 0.25) is 0 Å². The van der Waals surface area contributed by atoms with Crippen LogP contribution in [-0.4, -0.2) is 11.6 Å². The van der Waals surface area contributed by atoms with Gasteiger partial charge in [-0.3, -0.25) is 10.2 Å². The third-order valence-electron chi connectivity index (χ3n) is 1.06. The van der Waals surface area contributed by atoms with E-state index in [-0.39, 0.29) is 11.6 Å². The summed E-state index contributed by atoms with van der Waals surface area (Å²) in [6, 6.07) is 0. The fraction of sp³-hybridized carbons (Fsp3) is 0.667. The Morgan fingerprint density at radius 1 is 1.67 bits per heavy atom. The number of hydrogen-bond donors (Lipinski definition) is 2. The molecule has 0 aliphatic rings. The van der Waals surface area contributed by atoms with Gasteiger partial charge in [0.25, 0.3) is 0 Å². The molecule has 9 heavy (non-hydrogen) atoms. The third kappa shape index (κ3) is 3.70. The minimum Gasteiger partial charge on any atom is -0.381 e. The molecule has 0 aliphatic carbocycles. The van der Waals surface area contributed by atoms with E-state index in [9.17, 15) is 4.79 Å². The average molecular weight is 128 g/mol. The summed E-state index contributed by atoms with van der Waals surface area (Å²) in [6.45, 7) is 1.99. The Balaban J connectivity index is 3.39. The molecule has 0 saturated heterocycles. The van der Waals surface area contributed by atoms with Gasteiger partial charge >= 0.3 is 0 Å². The van der Waals surface area contributed by atoms with Crippen LogP contribution in [0.3, 0.4) is 0 Å². The third-order valence-corrected chi connectivity index (χ3v) is 1.06. The monoisotopic (exact) mass is 128 g/mol. The maximum atomic E-state index is 10.6. The van der Waals surface area contributed by atoms with Gasteiger partial charge in [-0.25, -0.2) is 0 Å².